The predicted molar refractivity (Wildman–Crippen MR) is 128 cm³/mol. The van der Waals surface area contributed by atoms with Crippen molar-refractivity contribution in [2.75, 3.05) is 6.61 Å². The molecule has 4 rings (SSSR count). The molecule has 7 nitrogen and oxygen atoms in total. The lowest BCUT2D eigenvalue weighted by Gasteiger charge is -2.24. The van der Waals surface area contributed by atoms with Gasteiger partial charge in [0.1, 0.15) is 6.61 Å². The van der Waals surface area contributed by atoms with Crippen molar-refractivity contribution in [3.05, 3.63) is 71.8 Å². The topological polar surface area (TPSA) is 105 Å². The lowest BCUT2D eigenvalue weighted by Crippen LogP contribution is -2.43. The van der Waals surface area contributed by atoms with E-state index in [2.05, 4.69) is 34.9 Å². The Balaban J connectivity index is 1.29. The first-order valence-electron chi connectivity index (χ1n) is 11.8. The molecule has 2 aromatic rings. The van der Waals surface area contributed by atoms with Crippen molar-refractivity contribution >= 4 is 18.0 Å². The SMILES string of the molecule is CC[C@H](CC(=O)N[C@H]1C=CC[C@H](C(=O)O)C1)NC(=O)OCC1c2ccccc2-c2ccccc21. The number of rotatable bonds is 8. The van der Waals surface area contributed by atoms with Crippen molar-refractivity contribution in [3.8, 4) is 11.1 Å². The van der Waals surface area contributed by atoms with Crippen LogP contribution in [0.5, 0.6) is 0 Å². The van der Waals surface area contributed by atoms with E-state index in [0.717, 1.165) is 22.3 Å². The van der Waals surface area contributed by atoms with Crippen LogP contribution in [-0.2, 0) is 14.3 Å². The summed E-state index contributed by atoms with van der Waals surface area (Å²) in [5.74, 6) is -1.60. The van der Waals surface area contributed by atoms with E-state index >= 15 is 0 Å². The van der Waals surface area contributed by atoms with Gasteiger partial charge in [-0.25, -0.2) is 4.79 Å². The number of carbonyl (C=O) groups is 3. The molecule has 3 atom stereocenters. The average molecular weight is 463 g/mol. The van der Waals surface area contributed by atoms with Crippen molar-refractivity contribution in [1.82, 2.24) is 10.6 Å². The second-order valence-electron chi connectivity index (χ2n) is 8.89. The number of carboxylic acid groups (broad SMARTS) is 1. The molecule has 0 fully saturated rings. The maximum absolute atomic E-state index is 12.5. The Morgan fingerprint density at radius 2 is 1.71 bits per heavy atom. The number of fused-ring (bicyclic) bond motifs is 3. The Kier molecular flexibility index (Phi) is 7.30. The Hall–Kier alpha value is -3.61. The number of hydrogen-bond acceptors (Lipinski definition) is 4. The molecule has 178 valence electrons. The number of aliphatic carboxylic acids is 1. The van der Waals surface area contributed by atoms with E-state index in [1.807, 2.05) is 37.3 Å². The molecule has 2 aromatic carbocycles. The fraction of sp³-hybridized carbons (Fsp3) is 0.370. The van der Waals surface area contributed by atoms with E-state index in [4.69, 9.17) is 4.74 Å². The lowest BCUT2D eigenvalue weighted by molar-refractivity contribution is -0.142. The standard InChI is InChI=1S/C27H30N2O5/c1-2-18(15-25(30)28-19-9-7-8-17(14-19)26(31)32)29-27(33)34-16-24-22-12-5-3-10-20(22)21-11-4-6-13-23(21)24/h3-7,9-13,17-19,24H,2,8,14-16H2,1H3,(H,28,30)(H,29,33)(H,31,32)/t17-,18+,19-/m0/s1. The third kappa shape index (κ3) is 5.30. The van der Waals surface area contributed by atoms with Crippen LogP contribution in [0.25, 0.3) is 11.1 Å². The summed E-state index contributed by atoms with van der Waals surface area (Å²) < 4.78 is 5.59. The maximum Gasteiger partial charge on any atom is 0.407 e. The van der Waals surface area contributed by atoms with Gasteiger partial charge >= 0.3 is 12.1 Å². The van der Waals surface area contributed by atoms with Crippen molar-refractivity contribution in [2.45, 2.75) is 50.6 Å². The molecule has 0 spiro atoms. The van der Waals surface area contributed by atoms with Gasteiger partial charge in [0, 0.05) is 24.4 Å². The number of nitrogens with one attached hydrogen (secondary N) is 2. The van der Waals surface area contributed by atoms with Crippen molar-refractivity contribution < 1.29 is 24.2 Å². The van der Waals surface area contributed by atoms with E-state index < -0.39 is 18.0 Å². The van der Waals surface area contributed by atoms with E-state index in [9.17, 15) is 19.5 Å². The van der Waals surface area contributed by atoms with Crippen LogP contribution in [0.4, 0.5) is 4.79 Å². The molecule has 0 bridgehead atoms. The first kappa shape index (κ1) is 23.5. The summed E-state index contributed by atoms with van der Waals surface area (Å²) in [7, 11) is 0. The van der Waals surface area contributed by atoms with E-state index in [1.165, 1.54) is 0 Å². The molecule has 7 heteroatoms. The zero-order valence-electron chi connectivity index (χ0n) is 19.2. The minimum Gasteiger partial charge on any atom is -0.481 e. The predicted octanol–water partition coefficient (Wildman–Crippen LogP) is 4.23. The number of allylic oxidation sites excluding steroid dienone is 1. The molecule has 0 unspecified atom stereocenters. The van der Waals surface area contributed by atoms with Crippen LogP contribution in [0.2, 0.25) is 0 Å². The number of amides is 2. The molecule has 0 radical (unpaired) electrons. The lowest BCUT2D eigenvalue weighted by atomic mass is 9.91. The number of carbonyl (C=O) groups excluding carboxylic acids is 2. The highest BCUT2D eigenvalue weighted by atomic mass is 16.5. The van der Waals surface area contributed by atoms with Gasteiger partial charge in [0.25, 0.3) is 0 Å². The van der Waals surface area contributed by atoms with Gasteiger partial charge in [0.05, 0.1) is 5.92 Å². The van der Waals surface area contributed by atoms with Crippen LogP contribution >= 0.6 is 0 Å². The zero-order valence-corrected chi connectivity index (χ0v) is 19.2. The second-order valence-corrected chi connectivity index (χ2v) is 8.89. The van der Waals surface area contributed by atoms with Gasteiger partial charge in [-0.1, -0.05) is 67.6 Å². The van der Waals surface area contributed by atoms with Gasteiger partial charge in [0.15, 0.2) is 0 Å². The molecule has 0 heterocycles. The summed E-state index contributed by atoms with van der Waals surface area (Å²) in [6, 6.07) is 15.6. The molecule has 0 aliphatic heterocycles. The summed E-state index contributed by atoms with van der Waals surface area (Å²) >= 11 is 0. The van der Waals surface area contributed by atoms with Crippen LogP contribution < -0.4 is 10.6 Å². The summed E-state index contributed by atoms with van der Waals surface area (Å²) in [5, 5.41) is 14.9. The van der Waals surface area contributed by atoms with Gasteiger partial charge in [-0.15, -0.1) is 0 Å². The highest BCUT2D eigenvalue weighted by Crippen LogP contribution is 2.44. The van der Waals surface area contributed by atoms with Gasteiger partial charge in [-0.05, 0) is 41.5 Å². The third-order valence-corrected chi connectivity index (χ3v) is 6.61. The van der Waals surface area contributed by atoms with Crippen molar-refractivity contribution in [2.24, 2.45) is 5.92 Å². The molecule has 0 saturated heterocycles. The molecule has 0 saturated carbocycles. The molecule has 2 amide bonds. The number of benzene rings is 2. The Morgan fingerprint density at radius 1 is 1.06 bits per heavy atom. The minimum atomic E-state index is -0.855. The van der Waals surface area contributed by atoms with Crippen LogP contribution in [0.1, 0.15) is 49.7 Å². The first-order valence-corrected chi connectivity index (χ1v) is 11.8. The van der Waals surface area contributed by atoms with Gasteiger partial charge in [-0.2, -0.15) is 0 Å². The monoisotopic (exact) mass is 462 g/mol. The summed E-state index contributed by atoms with van der Waals surface area (Å²) in [4.78, 5) is 36.3. The van der Waals surface area contributed by atoms with Crippen LogP contribution in [0.3, 0.4) is 0 Å². The van der Waals surface area contributed by atoms with Gasteiger partial charge in [0.2, 0.25) is 5.91 Å². The molecular weight excluding hydrogens is 432 g/mol. The van der Waals surface area contributed by atoms with Crippen LogP contribution in [-0.4, -0.2) is 41.8 Å². The van der Waals surface area contributed by atoms with Crippen LogP contribution in [0.15, 0.2) is 60.7 Å². The Morgan fingerprint density at radius 3 is 2.32 bits per heavy atom. The third-order valence-electron chi connectivity index (χ3n) is 6.61. The number of hydrogen-bond donors (Lipinski definition) is 3. The fourth-order valence-electron chi connectivity index (χ4n) is 4.79. The first-order chi connectivity index (χ1) is 16.5. The highest BCUT2D eigenvalue weighted by Gasteiger charge is 2.29. The molecule has 2 aliphatic rings. The maximum atomic E-state index is 12.5. The van der Waals surface area contributed by atoms with E-state index in [1.54, 1.807) is 6.08 Å². The second kappa shape index (κ2) is 10.5. The average Bonchev–Trinajstić information content (AvgIpc) is 3.16. The van der Waals surface area contributed by atoms with E-state index in [-0.39, 0.29) is 36.9 Å². The quantitative estimate of drug-likeness (QED) is 0.509. The summed E-state index contributed by atoms with van der Waals surface area (Å²) in [5.41, 5.74) is 4.61. The number of ether oxygens (including phenoxy) is 1. The summed E-state index contributed by atoms with van der Waals surface area (Å²) in [6.07, 6.45) is 4.58. The number of carboxylic acids is 1. The normalized spacial score (nSPS) is 19.6. The molecule has 2 aliphatic carbocycles. The molecule has 3 N–H and O–H groups in total. The molecule has 0 aromatic heterocycles. The minimum absolute atomic E-state index is 0.0261. The zero-order chi connectivity index (χ0) is 24.1. The fourth-order valence-corrected chi connectivity index (χ4v) is 4.79. The summed E-state index contributed by atoms with van der Waals surface area (Å²) in [6.45, 7) is 2.11. The smallest absolute Gasteiger partial charge is 0.407 e. The largest absolute Gasteiger partial charge is 0.481 e. The Labute approximate surface area is 199 Å². The van der Waals surface area contributed by atoms with Gasteiger partial charge in [-0.3, -0.25) is 9.59 Å². The highest BCUT2D eigenvalue weighted by molar-refractivity contribution is 5.80. The van der Waals surface area contributed by atoms with Crippen LogP contribution in [0, 0.1) is 5.92 Å². The van der Waals surface area contributed by atoms with Crippen molar-refractivity contribution in [3.63, 3.8) is 0 Å². The number of alkyl carbamates (subject to hydrolysis) is 1. The van der Waals surface area contributed by atoms with Gasteiger partial charge < -0.3 is 20.5 Å². The Bertz CT molecular complexity index is 1050. The molecular formula is C27H30N2O5. The van der Waals surface area contributed by atoms with E-state index in [0.29, 0.717) is 19.3 Å². The van der Waals surface area contributed by atoms with Crippen molar-refractivity contribution in [1.29, 1.82) is 0 Å². The molecule has 34 heavy (non-hydrogen) atoms.